The van der Waals surface area contributed by atoms with Crippen LogP contribution in [0.3, 0.4) is 0 Å². The summed E-state index contributed by atoms with van der Waals surface area (Å²) in [5.74, 6) is 1.29. The van der Waals surface area contributed by atoms with Gasteiger partial charge in [-0.2, -0.15) is 0 Å². The van der Waals surface area contributed by atoms with Crippen LogP contribution in [0.4, 0.5) is 5.69 Å². The summed E-state index contributed by atoms with van der Waals surface area (Å²) in [6, 6.07) is 10.1. The normalized spacial score (nSPS) is 14.8. The number of hydrogen-bond donors (Lipinski definition) is 1. The first kappa shape index (κ1) is 23.2. The average Bonchev–Trinajstić information content (AvgIpc) is 2.99. The number of thiocarbonyl (C=S) groups is 1. The van der Waals surface area contributed by atoms with Gasteiger partial charge in [0.25, 0.3) is 11.6 Å². The zero-order valence-corrected chi connectivity index (χ0v) is 19.2. The van der Waals surface area contributed by atoms with E-state index < -0.39 is 4.92 Å². The molecule has 168 valence electrons. The third-order valence-corrected chi connectivity index (χ3v) is 5.21. The van der Waals surface area contributed by atoms with Crippen LogP contribution in [0.2, 0.25) is 0 Å². The van der Waals surface area contributed by atoms with Crippen molar-refractivity contribution in [3.8, 4) is 11.5 Å². The summed E-state index contributed by atoms with van der Waals surface area (Å²) in [5, 5.41) is 14.4. The number of hydrogen-bond acceptors (Lipinski definition) is 6. The molecule has 0 spiro atoms. The largest absolute Gasteiger partial charge is 0.496 e. The number of nitrogens with zero attached hydrogens (tertiary/aromatic N) is 2. The van der Waals surface area contributed by atoms with E-state index in [-0.39, 0.29) is 18.2 Å². The first-order valence-corrected chi connectivity index (χ1v) is 10.5. The summed E-state index contributed by atoms with van der Waals surface area (Å²) >= 11 is 5.30. The van der Waals surface area contributed by atoms with E-state index in [1.807, 2.05) is 26.0 Å². The van der Waals surface area contributed by atoms with Crippen LogP contribution in [-0.4, -0.2) is 34.5 Å². The molecule has 2 aromatic rings. The third kappa shape index (κ3) is 5.23. The Bertz CT molecular complexity index is 1100. The highest BCUT2D eigenvalue weighted by atomic mass is 32.1. The lowest BCUT2D eigenvalue weighted by molar-refractivity contribution is -0.385. The van der Waals surface area contributed by atoms with Gasteiger partial charge in [-0.1, -0.05) is 19.9 Å². The highest BCUT2D eigenvalue weighted by molar-refractivity contribution is 7.80. The molecule has 3 rings (SSSR count). The Hall–Kier alpha value is -3.46. The van der Waals surface area contributed by atoms with Crippen molar-refractivity contribution >= 4 is 35.0 Å². The Kier molecular flexibility index (Phi) is 7.09. The summed E-state index contributed by atoms with van der Waals surface area (Å²) in [5.41, 5.74) is 2.53. The molecule has 0 bridgehead atoms. The van der Waals surface area contributed by atoms with E-state index in [2.05, 4.69) is 5.32 Å². The number of ether oxygens (including phenoxy) is 2. The van der Waals surface area contributed by atoms with Crippen molar-refractivity contribution in [3.63, 3.8) is 0 Å². The van der Waals surface area contributed by atoms with Gasteiger partial charge in [0.2, 0.25) is 0 Å². The molecule has 1 N–H and O–H groups in total. The number of carbonyl (C=O) groups is 1. The average molecular weight is 456 g/mol. The number of aryl methyl sites for hydroxylation is 1. The Morgan fingerprint density at radius 1 is 1.25 bits per heavy atom. The highest BCUT2D eigenvalue weighted by Crippen LogP contribution is 2.27. The molecule has 0 saturated carbocycles. The molecular formula is C23H25N3O5S. The SMILES string of the molecule is COc1ccc(/C=C2/NC(=S)N(CC(C)C)C2=O)cc1COc1ccc([N+](=O)[O-])c(C)c1. The Balaban J connectivity index is 1.80. The lowest BCUT2D eigenvalue weighted by atomic mass is 10.1. The van der Waals surface area contributed by atoms with Crippen molar-refractivity contribution in [2.75, 3.05) is 13.7 Å². The van der Waals surface area contributed by atoms with Crippen LogP contribution >= 0.6 is 12.2 Å². The maximum atomic E-state index is 12.7. The zero-order chi connectivity index (χ0) is 23.4. The summed E-state index contributed by atoms with van der Waals surface area (Å²) in [6.45, 7) is 6.46. The molecule has 0 aliphatic carbocycles. The van der Waals surface area contributed by atoms with Crippen LogP contribution in [0.1, 0.15) is 30.5 Å². The molecule has 0 aromatic heterocycles. The zero-order valence-electron chi connectivity index (χ0n) is 18.4. The second-order valence-corrected chi connectivity index (χ2v) is 8.25. The maximum Gasteiger partial charge on any atom is 0.276 e. The number of nitrogens with one attached hydrogen (secondary N) is 1. The van der Waals surface area contributed by atoms with Crippen molar-refractivity contribution in [3.05, 3.63) is 68.9 Å². The van der Waals surface area contributed by atoms with Gasteiger partial charge in [0, 0.05) is 23.7 Å². The summed E-state index contributed by atoms with van der Waals surface area (Å²) in [7, 11) is 1.57. The van der Waals surface area contributed by atoms with Gasteiger partial charge in [-0.25, -0.2) is 0 Å². The van der Waals surface area contributed by atoms with Crippen LogP contribution in [0.15, 0.2) is 42.1 Å². The maximum absolute atomic E-state index is 12.7. The fourth-order valence-electron chi connectivity index (χ4n) is 3.35. The topological polar surface area (TPSA) is 93.9 Å². The second kappa shape index (κ2) is 9.78. The molecular weight excluding hydrogens is 430 g/mol. The Labute approximate surface area is 192 Å². The number of rotatable bonds is 8. The van der Waals surface area contributed by atoms with Gasteiger partial charge in [-0.3, -0.25) is 19.8 Å². The van der Waals surface area contributed by atoms with E-state index >= 15 is 0 Å². The molecule has 1 aliphatic heterocycles. The predicted octanol–water partition coefficient (Wildman–Crippen LogP) is 4.20. The van der Waals surface area contributed by atoms with E-state index in [0.29, 0.717) is 40.3 Å². The molecule has 1 amide bonds. The monoisotopic (exact) mass is 455 g/mol. The number of carbonyl (C=O) groups excluding carboxylic acids is 1. The number of amides is 1. The van der Waals surface area contributed by atoms with Crippen molar-refractivity contribution < 1.29 is 19.2 Å². The van der Waals surface area contributed by atoms with E-state index in [0.717, 1.165) is 11.1 Å². The molecule has 0 unspecified atom stereocenters. The van der Waals surface area contributed by atoms with E-state index in [1.54, 1.807) is 43.2 Å². The molecule has 2 aromatic carbocycles. The fraction of sp³-hybridized carbons (Fsp3) is 0.304. The third-order valence-electron chi connectivity index (χ3n) is 4.88. The van der Waals surface area contributed by atoms with Crippen molar-refractivity contribution in [1.29, 1.82) is 0 Å². The standard InChI is InChI=1S/C23H25N3O5S/c1-14(2)12-25-22(27)19(24-23(25)32)11-16-5-8-21(30-4)17(10-16)13-31-18-6-7-20(26(28)29)15(3)9-18/h5-11,14H,12-13H2,1-4H3,(H,24,32)/b19-11+. The lowest BCUT2D eigenvalue weighted by Crippen LogP contribution is -2.33. The fourth-order valence-corrected chi connectivity index (χ4v) is 3.62. The molecule has 8 nitrogen and oxygen atoms in total. The van der Waals surface area contributed by atoms with E-state index in [4.69, 9.17) is 21.7 Å². The quantitative estimate of drug-likeness (QED) is 0.276. The Morgan fingerprint density at radius 3 is 2.62 bits per heavy atom. The molecule has 1 heterocycles. The van der Waals surface area contributed by atoms with Gasteiger partial charge >= 0.3 is 0 Å². The molecule has 0 atom stereocenters. The van der Waals surface area contributed by atoms with Gasteiger partial charge in [-0.05, 0) is 61.0 Å². The van der Waals surface area contributed by atoms with Crippen LogP contribution in [0.5, 0.6) is 11.5 Å². The number of nitro benzene ring substituents is 1. The number of benzene rings is 2. The molecule has 9 heteroatoms. The molecule has 1 saturated heterocycles. The number of methoxy groups -OCH3 is 1. The minimum Gasteiger partial charge on any atom is -0.496 e. The summed E-state index contributed by atoms with van der Waals surface area (Å²) < 4.78 is 11.3. The number of nitro groups is 1. The van der Waals surface area contributed by atoms with Crippen LogP contribution in [-0.2, 0) is 11.4 Å². The molecule has 1 fully saturated rings. The summed E-state index contributed by atoms with van der Waals surface area (Å²) in [4.78, 5) is 24.8. The predicted molar refractivity (Wildman–Crippen MR) is 125 cm³/mol. The highest BCUT2D eigenvalue weighted by Gasteiger charge is 2.30. The first-order valence-electron chi connectivity index (χ1n) is 10.1. The summed E-state index contributed by atoms with van der Waals surface area (Å²) in [6.07, 6.45) is 1.74. The Morgan fingerprint density at radius 2 is 2.00 bits per heavy atom. The van der Waals surface area contributed by atoms with Gasteiger partial charge in [0.05, 0.1) is 12.0 Å². The van der Waals surface area contributed by atoms with Gasteiger partial charge in [0.15, 0.2) is 5.11 Å². The van der Waals surface area contributed by atoms with Crippen LogP contribution in [0, 0.1) is 23.0 Å². The second-order valence-electron chi connectivity index (χ2n) is 7.86. The molecule has 32 heavy (non-hydrogen) atoms. The van der Waals surface area contributed by atoms with Gasteiger partial charge in [0.1, 0.15) is 23.8 Å². The van der Waals surface area contributed by atoms with Crippen molar-refractivity contribution in [2.24, 2.45) is 5.92 Å². The van der Waals surface area contributed by atoms with E-state index in [9.17, 15) is 14.9 Å². The van der Waals surface area contributed by atoms with Crippen molar-refractivity contribution in [1.82, 2.24) is 10.2 Å². The minimum absolute atomic E-state index is 0.0432. The van der Waals surface area contributed by atoms with Crippen LogP contribution in [0.25, 0.3) is 6.08 Å². The van der Waals surface area contributed by atoms with Crippen LogP contribution < -0.4 is 14.8 Å². The lowest BCUT2D eigenvalue weighted by Gasteiger charge is -2.16. The van der Waals surface area contributed by atoms with Gasteiger partial charge < -0.3 is 14.8 Å². The molecule has 1 aliphatic rings. The van der Waals surface area contributed by atoms with Gasteiger partial charge in [-0.15, -0.1) is 0 Å². The smallest absolute Gasteiger partial charge is 0.276 e. The first-order chi connectivity index (χ1) is 15.2. The van der Waals surface area contributed by atoms with E-state index in [1.165, 1.54) is 6.07 Å². The molecule has 0 radical (unpaired) electrons. The minimum atomic E-state index is -0.425. The van der Waals surface area contributed by atoms with Crippen molar-refractivity contribution in [2.45, 2.75) is 27.4 Å².